The minimum Gasteiger partial charge on any atom is -0.377 e. The molecule has 1 aliphatic heterocycles. The number of hydrogen-bond donors (Lipinski definition) is 1. The molecule has 3 nitrogen and oxygen atoms in total. The van der Waals surface area contributed by atoms with E-state index in [2.05, 4.69) is 32.6 Å². The lowest BCUT2D eigenvalue weighted by Gasteiger charge is -2.49. The molecule has 4 atom stereocenters. The highest BCUT2D eigenvalue weighted by Gasteiger charge is 2.41. The maximum atomic E-state index is 6.50. The van der Waals surface area contributed by atoms with Crippen molar-refractivity contribution in [3.8, 4) is 0 Å². The van der Waals surface area contributed by atoms with Gasteiger partial charge in [-0.05, 0) is 56.9 Å². The second kappa shape index (κ2) is 6.55. The van der Waals surface area contributed by atoms with Crippen molar-refractivity contribution in [1.29, 1.82) is 0 Å². The lowest BCUT2D eigenvalue weighted by atomic mass is 9.67. The minimum absolute atomic E-state index is 0.0190. The normalized spacial score (nSPS) is 39.4. The molecule has 1 saturated carbocycles. The van der Waals surface area contributed by atoms with Crippen LogP contribution >= 0.6 is 0 Å². The van der Waals surface area contributed by atoms with Crippen LogP contribution in [0.3, 0.4) is 0 Å². The number of ether oxygens (including phenoxy) is 1. The average Bonchev–Trinajstić information content (AvgIpc) is 2.47. The molecule has 2 fully saturated rings. The van der Waals surface area contributed by atoms with Crippen LogP contribution in [-0.2, 0) is 4.74 Å². The summed E-state index contributed by atoms with van der Waals surface area (Å²) in [6, 6.07) is 0.887. The van der Waals surface area contributed by atoms with Crippen molar-refractivity contribution in [2.75, 3.05) is 20.2 Å². The fourth-order valence-corrected chi connectivity index (χ4v) is 4.28. The molecular formula is C18H36N2O. The number of piperidine rings is 1. The third-order valence-corrected chi connectivity index (χ3v) is 6.54. The number of methoxy groups -OCH3 is 1. The van der Waals surface area contributed by atoms with E-state index in [-0.39, 0.29) is 5.60 Å². The first-order valence-corrected chi connectivity index (χ1v) is 8.86. The molecule has 0 bridgehead atoms. The predicted octanol–water partition coefficient (Wildman–Crippen LogP) is 3.42. The fraction of sp³-hybridized carbons (Fsp3) is 1.00. The monoisotopic (exact) mass is 296 g/mol. The number of rotatable bonds is 4. The summed E-state index contributed by atoms with van der Waals surface area (Å²) in [5.74, 6) is 0.808. The lowest BCUT2D eigenvalue weighted by Crippen LogP contribution is -2.58. The first-order chi connectivity index (χ1) is 9.81. The van der Waals surface area contributed by atoms with Crippen molar-refractivity contribution in [3.63, 3.8) is 0 Å². The fourth-order valence-electron chi connectivity index (χ4n) is 4.28. The number of likely N-dealkylation sites (tertiary alicyclic amines) is 1. The zero-order valence-electron chi connectivity index (χ0n) is 14.8. The molecule has 0 aromatic heterocycles. The van der Waals surface area contributed by atoms with Gasteiger partial charge in [-0.2, -0.15) is 0 Å². The van der Waals surface area contributed by atoms with Crippen LogP contribution in [-0.4, -0.2) is 42.8 Å². The highest BCUT2D eigenvalue weighted by atomic mass is 16.5. The van der Waals surface area contributed by atoms with Gasteiger partial charge in [0.05, 0.1) is 5.60 Å². The highest BCUT2D eigenvalue weighted by Crippen LogP contribution is 2.42. The molecular weight excluding hydrogens is 260 g/mol. The Kier molecular flexibility index (Phi) is 5.38. The number of hydrogen-bond acceptors (Lipinski definition) is 3. The lowest BCUT2D eigenvalue weighted by molar-refractivity contribution is -0.0726. The molecule has 0 aromatic carbocycles. The van der Waals surface area contributed by atoms with Gasteiger partial charge < -0.3 is 10.5 Å². The van der Waals surface area contributed by atoms with Crippen molar-refractivity contribution in [2.45, 2.75) is 83.9 Å². The van der Waals surface area contributed by atoms with E-state index in [4.69, 9.17) is 10.5 Å². The van der Waals surface area contributed by atoms with Crippen molar-refractivity contribution >= 4 is 0 Å². The van der Waals surface area contributed by atoms with E-state index in [0.29, 0.717) is 17.5 Å². The Morgan fingerprint density at radius 1 is 1.33 bits per heavy atom. The van der Waals surface area contributed by atoms with Crippen molar-refractivity contribution in [3.05, 3.63) is 0 Å². The maximum absolute atomic E-state index is 6.50. The van der Waals surface area contributed by atoms with E-state index < -0.39 is 0 Å². The Hall–Kier alpha value is -0.120. The summed E-state index contributed by atoms with van der Waals surface area (Å²) in [5, 5.41) is 0. The van der Waals surface area contributed by atoms with E-state index in [1.54, 1.807) is 0 Å². The predicted molar refractivity (Wildman–Crippen MR) is 89.4 cm³/mol. The quantitative estimate of drug-likeness (QED) is 0.864. The van der Waals surface area contributed by atoms with Crippen LogP contribution in [0, 0.1) is 11.3 Å². The maximum Gasteiger partial charge on any atom is 0.0777 e. The van der Waals surface area contributed by atoms with Gasteiger partial charge in [0.1, 0.15) is 0 Å². The Morgan fingerprint density at radius 3 is 2.67 bits per heavy atom. The van der Waals surface area contributed by atoms with Crippen molar-refractivity contribution in [2.24, 2.45) is 17.1 Å². The van der Waals surface area contributed by atoms with Crippen LogP contribution in [0.25, 0.3) is 0 Å². The molecule has 4 unspecified atom stereocenters. The first-order valence-electron chi connectivity index (χ1n) is 8.86. The van der Waals surface area contributed by atoms with Gasteiger partial charge in [-0.25, -0.2) is 0 Å². The molecule has 1 heterocycles. The van der Waals surface area contributed by atoms with E-state index in [1.165, 1.54) is 45.1 Å². The molecule has 2 N–H and O–H groups in total. The van der Waals surface area contributed by atoms with Gasteiger partial charge in [-0.3, -0.25) is 4.90 Å². The summed E-state index contributed by atoms with van der Waals surface area (Å²) in [5.41, 5.74) is 6.97. The summed E-state index contributed by atoms with van der Waals surface area (Å²) in [6.07, 6.45) is 7.41. The van der Waals surface area contributed by atoms with Gasteiger partial charge in [0, 0.05) is 25.7 Å². The Labute approximate surface area is 131 Å². The molecule has 2 aliphatic rings. The molecule has 0 amide bonds. The molecule has 21 heavy (non-hydrogen) atoms. The van der Waals surface area contributed by atoms with Crippen LogP contribution < -0.4 is 5.73 Å². The standard InChI is InChI=1S/C18H36N2O/c1-6-17(2,3)14-8-9-15(19)16(12-14)20-11-7-10-18(4,13-20)21-5/h14-16H,6-13,19H2,1-5H3. The Bertz CT molecular complexity index is 339. The minimum atomic E-state index is 0.0190. The summed E-state index contributed by atoms with van der Waals surface area (Å²) < 4.78 is 5.77. The van der Waals surface area contributed by atoms with E-state index in [9.17, 15) is 0 Å². The van der Waals surface area contributed by atoms with Crippen LogP contribution in [0.2, 0.25) is 0 Å². The SMILES string of the molecule is CCC(C)(C)C1CCC(N)C(N2CCCC(C)(OC)C2)C1. The molecule has 1 aliphatic carbocycles. The van der Waals surface area contributed by atoms with E-state index in [0.717, 1.165) is 12.5 Å². The Balaban J connectivity index is 2.06. The molecule has 0 spiro atoms. The van der Waals surface area contributed by atoms with Gasteiger partial charge in [0.15, 0.2) is 0 Å². The third kappa shape index (κ3) is 3.80. The Morgan fingerprint density at radius 2 is 2.05 bits per heavy atom. The van der Waals surface area contributed by atoms with Gasteiger partial charge >= 0.3 is 0 Å². The first kappa shape index (κ1) is 17.2. The second-order valence-electron chi connectivity index (χ2n) is 8.31. The second-order valence-corrected chi connectivity index (χ2v) is 8.31. The van der Waals surface area contributed by atoms with E-state index in [1.807, 2.05) is 7.11 Å². The van der Waals surface area contributed by atoms with Gasteiger partial charge in [0.25, 0.3) is 0 Å². The third-order valence-electron chi connectivity index (χ3n) is 6.54. The largest absolute Gasteiger partial charge is 0.377 e. The van der Waals surface area contributed by atoms with Crippen LogP contribution in [0.1, 0.15) is 66.2 Å². The summed E-state index contributed by atoms with van der Waals surface area (Å²) >= 11 is 0. The van der Waals surface area contributed by atoms with Crippen LogP contribution in [0.5, 0.6) is 0 Å². The molecule has 1 saturated heterocycles. The van der Waals surface area contributed by atoms with Crippen LogP contribution in [0.4, 0.5) is 0 Å². The zero-order valence-corrected chi connectivity index (χ0v) is 14.8. The summed E-state index contributed by atoms with van der Waals surface area (Å²) in [7, 11) is 1.85. The summed E-state index contributed by atoms with van der Waals surface area (Å²) in [6.45, 7) is 11.7. The van der Waals surface area contributed by atoms with E-state index >= 15 is 0 Å². The topological polar surface area (TPSA) is 38.5 Å². The van der Waals surface area contributed by atoms with Gasteiger partial charge in [-0.1, -0.05) is 27.2 Å². The van der Waals surface area contributed by atoms with Gasteiger partial charge in [-0.15, -0.1) is 0 Å². The smallest absolute Gasteiger partial charge is 0.0777 e. The van der Waals surface area contributed by atoms with Crippen LogP contribution in [0.15, 0.2) is 0 Å². The summed E-state index contributed by atoms with van der Waals surface area (Å²) in [4.78, 5) is 2.63. The number of nitrogens with zero attached hydrogens (tertiary/aromatic N) is 1. The molecule has 0 radical (unpaired) electrons. The highest BCUT2D eigenvalue weighted by molar-refractivity contribution is 4.97. The van der Waals surface area contributed by atoms with Crippen molar-refractivity contribution < 1.29 is 4.74 Å². The zero-order chi connectivity index (χ0) is 15.7. The molecule has 3 heteroatoms. The van der Waals surface area contributed by atoms with Crippen molar-refractivity contribution in [1.82, 2.24) is 4.90 Å². The molecule has 2 rings (SSSR count). The van der Waals surface area contributed by atoms with Gasteiger partial charge in [0.2, 0.25) is 0 Å². The molecule has 124 valence electrons. The number of nitrogens with two attached hydrogens (primary N) is 1. The average molecular weight is 296 g/mol. The molecule has 0 aromatic rings.